The Labute approximate surface area is 101 Å². The molecule has 1 aromatic rings. The van der Waals surface area contributed by atoms with Crippen molar-refractivity contribution >= 4 is 5.78 Å². The fraction of sp³-hybridized carbons (Fsp3) is 0.750. The molecule has 0 bridgehead atoms. The van der Waals surface area contributed by atoms with Crippen LogP contribution in [0.2, 0.25) is 0 Å². The van der Waals surface area contributed by atoms with Crippen molar-refractivity contribution in [1.82, 2.24) is 14.8 Å². The number of hydrogen-bond donors (Lipinski definition) is 1. The van der Waals surface area contributed by atoms with Gasteiger partial charge in [0.1, 0.15) is 17.9 Å². The molecule has 0 saturated heterocycles. The molecular weight excluding hydrogens is 216 g/mol. The Morgan fingerprint density at radius 2 is 2.29 bits per heavy atom. The van der Waals surface area contributed by atoms with E-state index in [2.05, 4.69) is 10.1 Å². The standard InChI is InChI=1S/C12H20N4O/c1-16-12(14-8-15-16)6-11(17)10-5-3-2-4-9(10)7-13/h8-10H,2-7,13H2,1H3. The Bertz CT molecular complexity index is 388. The molecule has 1 heterocycles. The SMILES string of the molecule is Cn1ncnc1CC(=O)C1CCCCC1CN. The summed E-state index contributed by atoms with van der Waals surface area (Å²) in [6.45, 7) is 0.620. The zero-order valence-electron chi connectivity index (χ0n) is 10.3. The van der Waals surface area contributed by atoms with E-state index in [9.17, 15) is 4.79 Å². The van der Waals surface area contributed by atoms with Gasteiger partial charge in [-0.2, -0.15) is 5.10 Å². The first kappa shape index (κ1) is 12.2. The Hall–Kier alpha value is -1.23. The van der Waals surface area contributed by atoms with Crippen molar-refractivity contribution in [2.75, 3.05) is 6.54 Å². The third kappa shape index (κ3) is 2.72. The van der Waals surface area contributed by atoms with Crippen LogP contribution in [0, 0.1) is 11.8 Å². The van der Waals surface area contributed by atoms with Gasteiger partial charge in [0.2, 0.25) is 0 Å². The van der Waals surface area contributed by atoms with Crippen LogP contribution in [0.15, 0.2) is 6.33 Å². The van der Waals surface area contributed by atoms with Gasteiger partial charge in [-0.3, -0.25) is 9.48 Å². The lowest BCUT2D eigenvalue weighted by Crippen LogP contribution is -2.33. The van der Waals surface area contributed by atoms with Crippen LogP contribution in [0.5, 0.6) is 0 Å². The summed E-state index contributed by atoms with van der Waals surface area (Å²) >= 11 is 0. The lowest BCUT2D eigenvalue weighted by molar-refractivity contribution is -0.124. The Kier molecular flexibility index (Phi) is 3.89. The maximum Gasteiger partial charge on any atom is 0.143 e. The summed E-state index contributed by atoms with van der Waals surface area (Å²) < 4.78 is 1.66. The van der Waals surface area contributed by atoms with Gasteiger partial charge >= 0.3 is 0 Å². The van der Waals surface area contributed by atoms with Gasteiger partial charge in [-0.25, -0.2) is 4.98 Å². The molecule has 94 valence electrons. The Balaban J connectivity index is 2.01. The van der Waals surface area contributed by atoms with Crippen LogP contribution in [0.4, 0.5) is 0 Å². The van der Waals surface area contributed by atoms with Gasteiger partial charge in [-0.05, 0) is 25.3 Å². The van der Waals surface area contributed by atoms with Crippen LogP contribution in [0.25, 0.3) is 0 Å². The minimum absolute atomic E-state index is 0.130. The normalized spacial score (nSPS) is 24.8. The van der Waals surface area contributed by atoms with E-state index in [0.29, 0.717) is 18.9 Å². The molecule has 1 aliphatic rings. The largest absolute Gasteiger partial charge is 0.330 e. The number of nitrogens with two attached hydrogens (primary N) is 1. The lowest BCUT2D eigenvalue weighted by atomic mass is 9.76. The van der Waals surface area contributed by atoms with Gasteiger partial charge in [-0.15, -0.1) is 0 Å². The molecule has 1 fully saturated rings. The molecule has 2 unspecified atom stereocenters. The van der Waals surface area contributed by atoms with Gasteiger partial charge in [0.15, 0.2) is 0 Å². The molecule has 0 radical (unpaired) electrons. The first-order chi connectivity index (χ1) is 8.22. The molecule has 5 nitrogen and oxygen atoms in total. The molecular formula is C12H20N4O. The summed E-state index contributed by atoms with van der Waals surface area (Å²) in [6.07, 6.45) is 6.30. The van der Waals surface area contributed by atoms with E-state index in [1.54, 1.807) is 4.68 Å². The van der Waals surface area contributed by atoms with Gasteiger partial charge in [-0.1, -0.05) is 12.8 Å². The second-order valence-corrected chi connectivity index (χ2v) is 4.83. The van der Waals surface area contributed by atoms with Crippen molar-refractivity contribution in [3.63, 3.8) is 0 Å². The van der Waals surface area contributed by atoms with Crippen molar-refractivity contribution < 1.29 is 4.79 Å². The number of carbonyl (C=O) groups is 1. The highest BCUT2D eigenvalue weighted by molar-refractivity contribution is 5.83. The van der Waals surface area contributed by atoms with Crippen molar-refractivity contribution in [2.45, 2.75) is 32.1 Å². The predicted molar refractivity (Wildman–Crippen MR) is 64.2 cm³/mol. The maximum atomic E-state index is 12.3. The van der Waals surface area contributed by atoms with Crippen LogP contribution < -0.4 is 5.73 Å². The average molecular weight is 236 g/mol. The first-order valence-electron chi connectivity index (χ1n) is 6.28. The minimum atomic E-state index is 0.130. The number of rotatable bonds is 4. The number of nitrogens with zero attached hydrogens (tertiary/aromatic N) is 3. The smallest absolute Gasteiger partial charge is 0.143 e. The van der Waals surface area contributed by atoms with Crippen LogP contribution in [0.1, 0.15) is 31.5 Å². The molecule has 0 aromatic carbocycles. The van der Waals surface area contributed by atoms with E-state index < -0.39 is 0 Å². The summed E-state index contributed by atoms with van der Waals surface area (Å²) in [7, 11) is 1.82. The fourth-order valence-electron chi connectivity index (χ4n) is 2.68. The summed E-state index contributed by atoms with van der Waals surface area (Å²) in [5.74, 6) is 1.52. The predicted octanol–water partition coefficient (Wildman–Crippen LogP) is 0.692. The molecule has 1 aromatic heterocycles. The molecule has 0 aliphatic heterocycles. The van der Waals surface area contributed by atoms with Crippen LogP contribution in [0.3, 0.4) is 0 Å². The highest BCUT2D eigenvalue weighted by Crippen LogP contribution is 2.30. The minimum Gasteiger partial charge on any atom is -0.330 e. The quantitative estimate of drug-likeness (QED) is 0.834. The van der Waals surface area contributed by atoms with Crippen molar-refractivity contribution in [2.24, 2.45) is 24.6 Å². The highest BCUT2D eigenvalue weighted by atomic mass is 16.1. The van der Waals surface area contributed by atoms with Crippen molar-refractivity contribution in [3.8, 4) is 0 Å². The van der Waals surface area contributed by atoms with Crippen LogP contribution in [-0.2, 0) is 18.3 Å². The molecule has 2 atom stereocenters. The van der Waals surface area contributed by atoms with Gasteiger partial charge in [0, 0.05) is 13.0 Å². The summed E-state index contributed by atoms with van der Waals surface area (Å²) in [5.41, 5.74) is 5.75. The molecule has 2 rings (SSSR count). The Morgan fingerprint density at radius 3 is 2.94 bits per heavy atom. The van der Waals surface area contributed by atoms with E-state index in [1.807, 2.05) is 7.05 Å². The zero-order valence-corrected chi connectivity index (χ0v) is 10.3. The second kappa shape index (κ2) is 5.40. The number of aryl methyl sites for hydroxylation is 1. The number of hydrogen-bond acceptors (Lipinski definition) is 4. The first-order valence-corrected chi connectivity index (χ1v) is 6.28. The Morgan fingerprint density at radius 1 is 1.53 bits per heavy atom. The molecule has 0 spiro atoms. The monoisotopic (exact) mass is 236 g/mol. The van der Waals surface area contributed by atoms with E-state index in [4.69, 9.17) is 5.73 Å². The van der Waals surface area contributed by atoms with E-state index >= 15 is 0 Å². The zero-order chi connectivity index (χ0) is 12.3. The summed E-state index contributed by atoms with van der Waals surface area (Å²) in [4.78, 5) is 16.4. The maximum absolute atomic E-state index is 12.3. The topological polar surface area (TPSA) is 73.8 Å². The van der Waals surface area contributed by atoms with Crippen LogP contribution in [-0.4, -0.2) is 27.1 Å². The summed E-state index contributed by atoms with van der Waals surface area (Å²) in [6, 6.07) is 0. The third-order valence-electron chi connectivity index (χ3n) is 3.76. The average Bonchev–Trinajstić information content (AvgIpc) is 2.75. The molecule has 5 heteroatoms. The number of aromatic nitrogens is 3. The fourth-order valence-corrected chi connectivity index (χ4v) is 2.68. The van der Waals surface area contributed by atoms with E-state index in [0.717, 1.165) is 25.1 Å². The second-order valence-electron chi connectivity index (χ2n) is 4.83. The third-order valence-corrected chi connectivity index (χ3v) is 3.76. The molecule has 1 saturated carbocycles. The van der Waals surface area contributed by atoms with Gasteiger partial charge in [0.25, 0.3) is 0 Å². The number of ketones is 1. The van der Waals surface area contributed by atoms with Crippen molar-refractivity contribution in [3.05, 3.63) is 12.2 Å². The van der Waals surface area contributed by atoms with Gasteiger partial charge in [0.05, 0.1) is 6.42 Å². The molecule has 1 aliphatic carbocycles. The van der Waals surface area contributed by atoms with Crippen LogP contribution >= 0.6 is 0 Å². The molecule has 2 N–H and O–H groups in total. The highest BCUT2D eigenvalue weighted by Gasteiger charge is 2.30. The van der Waals surface area contributed by atoms with Crippen molar-refractivity contribution in [1.29, 1.82) is 0 Å². The molecule has 0 amide bonds. The molecule has 17 heavy (non-hydrogen) atoms. The van der Waals surface area contributed by atoms with E-state index in [-0.39, 0.29) is 11.7 Å². The number of carbonyl (C=O) groups excluding carboxylic acids is 1. The van der Waals surface area contributed by atoms with E-state index in [1.165, 1.54) is 12.7 Å². The summed E-state index contributed by atoms with van der Waals surface area (Å²) in [5, 5.41) is 3.98. The number of Topliss-reactive ketones (excluding diaryl/α,β-unsaturated/α-hetero) is 1. The lowest BCUT2D eigenvalue weighted by Gasteiger charge is -2.29. The van der Waals surface area contributed by atoms with Gasteiger partial charge < -0.3 is 5.73 Å².